The molecule has 2 aromatic rings. The van der Waals surface area contributed by atoms with Gasteiger partial charge in [-0.15, -0.1) is 0 Å². The van der Waals surface area contributed by atoms with Crippen molar-refractivity contribution in [3.05, 3.63) is 34.7 Å². The van der Waals surface area contributed by atoms with Gasteiger partial charge < -0.3 is 4.74 Å². The number of benzene rings is 1. The number of hydrogen-bond donors (Lipinski definition) is 1. The second-order valence-electron chi connectivity index (χ2n) is 3.33. The number of H-pyrrole nitrogens is 1. The van der Waals surface area contributed by atoms with E-state index in [9.17, 15) is 4.79 Å². The average molecular weight is 219 g/mol. The molecule has 0 aliphatic carbocycles. The van der Waals surface area contributed by atoms with Crippen LogP contribution in [-0.2, 0) is 6.54 Å². The third-order valence-electron chi connectivity index (χ3n) is 2.42. The Morgan fingerprint density at radius 1 is 1.38 bits per heavy atom. The van der Waals surface area contributed by atoms with Crippen molar-refractivity contribution < 1.29 is 4.74 Å². The fourth-order valence-electron chi connectivity index (χ4n) is 1.57. The first-order valence-corrected chi connectivity index (χ1v) is 5.06. The summed E-state index contributed by atoms with van der Waals surface area (Å²) in [5.41, 5.74) is 0.703. The molecule has 2 rings (SSSR count). The van der Waals surface area contributed by atoms with E-state index >= 15 is 0 Å². The summed E-state index contributed by atoms with van der Waals surface area (Å²) < 4.78 is 6.66. The summed E-state index contributed by atoms with van der Waals surface area (Å²) in [5.74, 6) is 1.43. The molecule has 16 heavy (non-hydrogen) atoms. The Bertz CT molecular complexity index is 525. The number of ether oxygens (including phenoxy) is 1. The van der Waals surface area contributed by atoms with Crippen molar-refractivity contribution in [2.45, 2.75) is 13.5 Å². The largest absolute Gasteiger partial charge is 0.497 e. The van der Waals surface area contributed by atoms with Crippen LogP contribution in [0, 0.1) is 0 Å². The molecule has 1 N–H and O–H groups in total. The molecule has 0 atom stereocenters. The van der Waals surface area contributed by atoms with Crippen LogP contribution in [-0.4, -0.2) is 21.9 Å². The van der Waals surface area contributed by atoms with E-state index in [1.165, 1.54) is 0 Å². The van der Waals surface area contributed by atoms with Gasteiger partial charge >= 0.3 is 5.69 Å². The zero-order valence-electron chi connectivity index (χ0n) is 9.23. The van der Waals surface area contributed by atoms with Crippen LogP contribution in [0.5, 0.6) is 5.75 Å². The van der Waals surface area contributed by atoms with Crippen molar-refractivity contribution in [3.63, 3.8) is 0 Å². The van der Waals surface area contributed by atoms with Crippen molar-refractivity contribution in [1.29, 1.82) is 0 Å². The van der Waals surface area contributed by atoms with Crippen LogP contribution in [0.3, 0.4) is 0 Å². The molecule has 0 fully saturated rings. The summed E-state index contributed by atoms with van der Waals surface area (Å²) in [6.07, 6.45) is 0. The fourth-order valence-corrected chi connectivity index (χ4v) is 1.57. The number of nitrogens with one attached hydrogen (secondary N) is 1. The first-order chi connectivity index (χ1) is 7.76. The van der Waals surface area contributed by atoms with Gasteiger partial charge in [-0.25, -0.2) is 9.89 Å². The Morgan fingerprint density at radius 2 is 2.06 bits per heavy atom. The van der Waals surface area contributed by atoms with Crippen molar-refractivity contribution in [2.24, 2.45) is 0 Å². The predicted octanol–water partition coefficient (Wildman–Crippen LogP) is 1.27. The Hall–Kier alpha value is -2.04. The van der Waals surface area contributed by atoms with E-state index in [4.69, 9.17) is 4.74 Å². The van der Waals surface area contributed by atoms with Gasteiger partial charge in [0.15, 0.2) is 5.82 Å². The smallest absolute Gasteiger partial charge is 0.343 e. The number of hydrogen-bond acceptors (Lipinski definition) is 3. The Morgan fingerprint density at radius 3 is 2.62 bits per heavy atom. The van der Waals surface area contributed by atoms with Gasteiger partial charge in [-0.3, -0.25) is 4.57 Å². The van der Waals surface area contributed by atoms with E-state index in [1.807, 2.05) is 31.2 Å². The monoisotopic (exact) mass is 219 g/mol. The number of rotatable bonds is 3. The van der Waals surface area contributed by atoms with Crippen LogP contribution in [0.25, 0.3) is 11.4 Å². The van der Waals surface area contributed by atoms with Gasteiger partial charge in [-0.2, -0.15) is 5.10 Å². The van der Waals surface area contributed by atoms with E-state index in [2.05, 4.69) is 10.2 Å². The van der Waals surface area contributed by atoms with Gasteiger partial charge in [0.25, 0.3) is 0 Å². The summed E-state index contributed by atoms with van der Waals surface area (Å²) in [6, 6.07) is 7.43. The minimum absolute atomic E-state index is 0.187. The molecule has 0 aliphatic heterocycles. The molecule has 0 saturated carbocycles. The lowest BCUT2D eigenvalue weighted by atomic mass is 10.2. The van der Waals surface area contributed by atoms with Crippen LogP contribution in [0.2, 0.25) is 0 Å². The first-order valence-electron chi connectivity index (χ1n) is 5.06. The summed E-state index contributed by atoms with van der Waals surface area (Å²) in [7, 11) is 1.62. The lowest BCUT2D eigenvalue weighted by Gasteiger charge is -2.03. The number of methoxy groups -OCH3 is 1. The molecule has 1 aromatic heterocycles. The minimum atomic E-state index is -0.187. The number of aromatic nitrogens is 3. The van der Waals surface area contributed by atoms with Crippen molar-refractivity contribution >= 4 is 0 Å². The molecule has 5 heteroatoms. The van der Waals surface area contributed by atoms with Crippen molar-refractivity contribution in [2.75, 3.05) is 7.11 Å². The second-order valence-corrected chi connectivity index (χ2v) is 3.33. The molecule has 1 aromatic carbocycles. The van der Waals surface area contributed by atoms with E-state index in [-0.39, 0.29) is 5.69 Å². The molecule has 0 spiro atoms. The molecule has 0 unspecified atom stereocenters. The van der Waals surface area contributed by atoms with E-state index in [0.717, 1.165) is 11.3 Å². The van der Waals surface area contributed by atoms with E-state index in [0.29, 0.717) is 12.4 Å². The Balaban J connectivity index is 2.46. The quantitative estimate of drug-likeness (QED) is 0.845. The van der Waals surface area contributed by atoms with Crippen LogP contribution in [0.1, 0.15) is 6.92 Å². The van der Waals surface area contributed by atoms with Gasteiger partial charge in [-0.05, 0) is 31.2 Å². The lowest BCUT2D eigenvalue weighted by Crippen LogP contribution is -2.16. The molecular formula is C11H13N3O2. The highest BCUT2D eigenvalue weighted by Gasteiger charge is 2.08. The molecule has 1 heterocycles. The summed E-state index contributed by atoms with van der Waals surface area (Å²) >= 11 is 0. The minimum Gasteiger partial charge on any atom is -0.497 e. The third-order valence-corrected chi connectivity index (χ3v) is 2.42. The number of nitrogens with zero attached hydrogens (tertiary/aromatic N) is 2. The molecule has 0 saturated heterocycles. The molecule has 0 radical (unpaired) electrons. The lowest BCUT2D eigenvalue weighted by molar-refractivity contribution is 0.415. The maximum Gasteiger partial charge on any atom is 0.343 e. The molecule has 0 aliphatic rings. The van der Waals surface area contributed by atoms with Crippen LogP contribution >= 0.6 is 0 Å². The van der Waals surface area contributed by atoms with E-state index in [1.54, 1.807) is 11.7 Å². The van der Waals surface area contributed by atoms with Gasteiger partial charge in [-0.1, -0.05) is 0 Å². The van der Waals surface area contributed by atoms with Gasteiger partial charge in [0.1, 0.15) is 5.75 Å². The number of aromatic amines is 1. The zero-order valence-corrected chi connectivity index (χ0v) is 9.23. The normalized spacial score (nSPS) is 10.4. The summed E-state index contributed by atoms with van der Waals surface area (Å²) in [6.45, 7) is 2.50. The van der Waals surface area contributed by atoms with Gasteiger partial charge in [0.2, 0.25) is 0 Å². The van der Waals surface area contributed by atoms with Gasteiger partial charge in [0, 0.05) is 12.1 Å². The van der Waals surface area contributed by atoms with Crippen molar-refractivity contribution in [3.8, 4) is 17.1 Å². The van der Waals surface area contributed by atoms with E-state index < -0.39 is 0 Å². The summed E-state index contributed by atoms with van der Waals surface area (Å²) in [5, 5.41) is 6.44. The SMILES string of the molecule is CCn1c(-c2ccc(OC)cc2)n[nH]c1=O. The first kappa shape index (κ1) is 10.5. The van der Waals surface area contributed by atoms with Crippen LogP contribution in [0.4, 0.5) is 0 Å². The topological polar surface area (TPSA) is 59.9 Å². The third kappa shape index (κ3) is 1.71. The molecule has 0 amide bonds. The summed E-state index contributed by atoms with van der Waals surface area (Å²) in [4.78, 5) is 11.4. The average Bonchev–Trinajstić information content (AvgIpc) is 2.70. The molecule has 0 bridgehead atoms. The molecular weight excluding hydrogens is 206 g/mol. The van der Waals surface area contributed by atoms with Crippen LogP contribution in [0.15, 0.2) is 29.1 Å². The Kier molecular flexibility index (Phi) is 2.76. The highest BCUT2D eigenvalue weighted by molar-refractivity contribution is 5.56. The molecule has 84 valence electrons. The standard InChI is InChI=1S/C11H13N3O2/c1-3-14-10(12-13-11(14)15)8-4-6-9(16-2)7-5-8/h4-7H,3H2,1-2H3,(H,13,15). The second kappa shape index (κ2) is 4.22. The van der Waals surface area contributed by atoms with Gasteiger partial charge in [0.05, 0.1) is 7.11 Å². The highest BCUT2D eigenvalue weighted by Crippen LogP contribution is 2.19. The Labute approximate surface area is 92.7 Å². The highest BCUT2D eigenvalue weighted by atomic mass is 16.5. The zero-order chi connectivity index (χ0) is 11.5. The van der Waals surface area contributed by atoms with Crippen molar-refractivity contribution in [1.82, 2.24) is 14.8 Å². The maximum atomic E-state index is 11.4. The fraction of sp³-hybridized carbons (Fsp3) is 0.273. The predicted molar refractivity (Wildman–Crippen MR) is 60.5 cm³/mol. The molecule has 5 nitrogen and oxygen atoms in total. The van der Waals surface area contributed by atoms with Crippen LogP contribution < -0.4 is 10.4 Å². The maximum absolute atomic E-state index is 11.4.